The Morgan fingerprint density at radius 3 is 2.12 bits per heavy atom. The molecule has 0 aliphatic heterocycles. The topological polar surface area (TPSA) is 53.1 Å². The third-order valence-electron chi connectivity index (χ3n) is 3.92. The van der Waals surface area contributed by atoms with Gasteiger partial charge in [0.25, 0.3) is 0 Å². The zero-order chi connectivity index (χ0) is 13.0. The summed E-state index contributed by atoms with van der Waals surface area (Å²) < 4.78 is 0. The van der Waals surface area contributed by atoms with Crippen LogP contribution in [0, 0.1) is 10.8 Å². The minimum Gasteiger partial charge on any atom is -0.387 e. The molecule has 0 aromatic rings. The van der Waals surface area contributed by atoms with E-state index in [1.807, 2.05) is 13.8 Å². The first-order chi connectivity index (χ1) is 7.13. The molecule has 0 spiro atoms. The maximum Gasteiger partial charge on any atom is 0.0963 e. The lowest BCUT2D eigenvalue weighted by molar-refractivity contribution is 0.145. The minimum absolute atomic E-state index is 0.156. The second kappa shape index (κ2) is 5.67. The van der Waals surface area contributed by atoms with Crippen LogP contribution in [0.4, 0.5) is 0 Å². The summed E-state index contributed by atoms with van der Waals surface area (Å²) in [6, 6.07) is 0. The van der Waals surface area contributed by atoms with Crippen LogP contribution >= 0.6 is 0 Å². The molecule has 16 heavy (non-hydrogen) atoms. The summed E-state index contributed by atoms with van der Waals surface area (Å²) in [6.07, 6.45) is 3.22. The van der Waals surface area contributed by atoms with E-state index in [9.17, 15) is 0 Å². The molecule has 0 atom stereocenters. The molecular formula is C13H29N3. The molecule has 0 radical (unpaired) electrons. The van der Waals surface area contributed by atoms with Gasteiger partial charge >= 0.3 is 0 Å². The van der Waals surface area contributed by atoms with Crippen molar-refractivity contribution in [3.63, 3.8) is 0 Å². The Morgan fingerprint density at radius 2 is 1.75 bits per heavy atom. The molecule has 0 amide bonds. The summed E-state index contributed by atoms with van der Waals surface area (Å²) in [5.74, 6) is 0.296. The highest BCUT2D eigenvalue weighted by Gasteiger charge is 2.24. The number of amidine groups is 1. The summed E-state index contributed by atoms with van der Waals surface area (Å²) >= 11 is 0. The Kier molecular flexibility index (Phi) is 5.47. The van der Waals surface area contributed by atoms with Crippen molar-refractivity contribution in [2.45, 2.75) is 59.4 Å². The average molecular weight is 227 g/mol. The molecule has 0 heterocycles. The third kappa shape index (κ3) is 4.52. The molecule has 0 rings (SSSR count). The van der Waals surface area contributed by atoms with Crippen molar-refractivity contribution in [2.75, 3.05) is 13.6 Å². The smallest absolute Gasteiger partial charge is 0.0963 e. The van der Waals surface area contributed by atoms with Crippen LogP contribution in [0.25, 0.3) is 0 Å². The molecule has 0 aromatic heterocycles. The first-order valence-corrected chi connectivity index (χ1v) is 6.19. The molecule has 0 aliphatic rings. The van der Waals surface area contributed by atoms with Crippen LogP contribution in [0.2, 0.25) is 0 Å². The molecule has 0 saturated heterocycles. The summed E-state index contributed by atoms with van der Waals surface area (Å²) in [5, 5.41) is 7.51. The van der Waals surface area contributed by atoms with Crippen LogP contribution in [-0.4, -0.2) is 29.9 Å². The van der Waals surface area contributed by atoms with Gasteiger partial charge in [0.2, 0.25) is 0 Å². The van der Waals surface area contributed by atoms with Crippen molar-refractivity contribution in [1.82, 2.24) is 4.90 Å². The summed E-state index contributed by atoms with van der Waals surface area (Å²) in [4.78, 5) is 2.39. The SMILES string of the molecule is CCC(C)(C)N(C)CCCC(C)(C)C(=N)N. The van der Waals surface area contributed by atoms with Gasteiger partial charge in [0.15, 0.2) is 0 Å². The monoisotopic (exact) mass is 227 g/mol. The lowest BCUT2D eigenvalue weighted by Gasteiger charge is -2.35. The van der Waals surface area contributed by atoms with Crippen molar-refractivity contribution < 1.29 is 0 Å². The standard InChI is InChI=1S/C13H29N3/c1-7-13(4,5)16(6)10-8-9-12(2,3)11(14)15/h7-10H2,1-6H3,(H3,14,15). The van der Waals surface area contributed by atoms with Crippen molar-refractivity contribution in [1.29, 1.82) is 5.41 Å². The van der Waals surface area contributed by atoms with E-state index in [1.165, 1.54) is 0 Å². The molecule has 3 N–H and O–H groups in total. The predicted molar refractivity (Wildman–Crippen MR) is 71.9 cm³/mol. The van der Waals surface area contributed by atoms with E-state index < -0.39 is 0 Å². The number of nitrogens with two attached hydrogens (primary N) is 1. The van der Waals surface area contributed by atoms with Crippen molar-refractivity contribution in [3.8, 4) is 0 Å². The first kappa shape index (κ1) is 15.4. The largest absolute Gasteiger partial charge is 0.387 e. The van der Waals surface area contributed by atoms with E-state index in [0.717, 1.165) is 25.8 Å². The van der Waals surface area contributed by atoms with Gasteiger partial charge < -0.3 is 10.6 Å². The zero-order valence-electron chi connectivity index (χ0n) is 11.9. The van der Waals surface area contributed by atoms with Gasteiger partial charge in [-0.15, -0.1) is 0 Å². The van der Waals surface area contributed by atoms with Gasteiger partial charge in [-0.25, -0.2) is 0 Å². The molecule has 0 unspecified atom stereocenters. The highest BCUT2D eigenvalue weighted by atomic mass is 15.2. The Hall–Kier alpha value is -0.570. The second-order valence-corrected chi connectivity index (χ2v) is 5.99. The summed E-state index contributed by atoms with van der Waals surface area (Å²) in [6.45, 7) is 11.9. The molecule has 0 aromatic carbocycles. The summed E-state index contributed by atoms with van der Waals surface area (Å²) in [7, 11) is 2.17. The highest BCUT2D eigenvalue weighted by molar-refractivity contribution is 5.82. The maximum atomic E-state index is 7.51. The van der Waals surface area contributed by atoms with Crippen LogP contribution in [0.5, 0.6) is 0 Å². The Bertz CT molecular complexity index is 231. The Labute approximate surface area is 101 Å². The van der Waals surface area contributed by atoms with Gasteiger partial charge in [0.05, 0.1) is 5.84 Å². The summed E-state index contributed by atoms with van der Waals surface area (Å²) in [5.41, 5.74) is 5.68. The fourth-order valence-electron chi connectivity index (χ4n) is 1.47. The molecule has 96 valence electrons. The van der Waals surface area contributed by atoms with Crippen LogP contribution in [0.15, 0.2) is 0 Å². The van der Waals surface area contributed by atoms with Gasteiger partial charge in [-0.2, -0.15) is 0 Å². The highest BCUT2D eigenvalue weighted by Crippen LogP contribution is 2.23. The van der Waals surface area contributed by atoms with E-state index in [0.29, 0.717) is 5.84 Å². The number of hydrogen-bond acceptors (Lipinski definition) is 2. The zero-order valence-corrected chi connectivity index (χ0v) is 11.9. The van der Waals surface area contributed by atoms with E-state index in [2.05, 4.69) is 32.7 Å². The third-order valence-corrected chi connectivity index (χ3v) is 3.92. The Morgan fingerprint density at radius 1 is 1.25 bits per heavy atom. The molecule has 0 saturated carbocycles. The van der Waals surface area contributed by atoms with Gasteiger partial charge in [-0.3, -0.25) is 5.41 Å². The van der Waals surface area contributed by atoms with Gasteiger partial charge in [-0.05, 0) is 46.7 Å². The van der Waals surface area contributed by atoms with Crippen LogP contribution in [0.1, 0.15) is 53.9 Å². The van der Waals surface area contributed by atoms with Gasteiger partial charge in [0, 0.05) is 11.0 Å². The predicted octanol–water partition coefficient (Wildman–Crippen LogP) is 2.85. The number of nitrogens with one attached hydrogen (secondary N) is 1. The number of nitrogens with zero attached hydrogens (tertiary/aromatic N) is 1. The van der Waals surface area contributed by atoms with E-state index in [1.54, 1.807) is 0 Å². The first-order valence-electron chi connectivity index (χ1n) is 6.19. The lowest BCUT2D eigenvalue weighted by atomic mass is 9.86. The molecule has 0 bridgehead atoms. The van der Waals surface area contributed by atoms with Crippen molar-refractivity contribution >= 4 is 5.84 Å². The van der Waals surface area contributed by atoms with Gasteiger partial charge in [0.1, 0.15) is 0 Å². The molecule has 3 nitrogen and oxygen atoms in total. The molecule has 3 heteroatoms. The fraction of sp³-hybridized carbons (Fsp3) is 0.923. The molecule has 0 fully saturated rings. The van der Waals surface area contributed by atoms with Crippen LogP contribution in [0.3, 0.4) is 0 Å². The molecule has 0 aliphatic carbocycles. The van der Waals surface area contributed by atoms with E-state index >= 15 is 0 Å². The van der Waals surface area contributed by atoms with E-state index in [4.69, 9.17) is 11.1 Å². The quantitative estimate of drug-likeness (QED) is 0.519. The van der Waals surface area contributed by atoms with E-state index in [-0.39, 0.29) is 11.0 Å². The van der Waals surface area contributed by atoms with Crippen molar-refractivity contribution in [2.24, 2.45) is 11.1 Å². The molecular weight excluding hydrogens is 198 g/mol. The fourth-order valence-corrected chi connectivity index (χ4v) is 1.47. The van der Waals surface area contributed by atoms with Crippen LogP contribution in [-0.2, 0) is 0 Å². The Balaban J connectivity index is 4.05. The normalized spacial score (nSPS) is 13.2. The maximum absolute atomic E-state index is 7.51. The lowest BCUT2D eigenvalue weighted by Crippen LogP contribution is -2.41. The minimum atomic E-state index is -0.156. The second-order valence-electron chi connectivity index (χ2n) is 5.99. The van der Waals surface area contributed by atoms with Crippen LogP contribution < -0.4 is 5.73 Å². The number of hydrogen-bond donors (Lipinski definition) is 2. The van der Waals surface area contributed by atoms with Gasteiger partial charge in [-0.1, -0.05) is 20.8 Å². The number of rotatable bonds is 7. The van der Waals surface area contributed by atoms with Crippen molar-refractivity contribution in [3.05, 3.63) is 0 Å². The average Bonchev–Trinajstić information content (AvgIpc) is 2.17.